The molecule has 0 radical (unpaired) electrons. The van der Waals surface area contributed by atoms with Crippen molar-refractivity contribution in [1.29, 1.82) is 0 Å². The number of fused-ring (bicyclic) bond motifs is 1. The Labute approximate surface area is 170 Å². The molecule has 7 nitrogen and oxygen atoms in total. The smallest absolute Gasteiger partial charge is 0.255 e. The highest BCUT2D eigenvalue weighted by molar-refractivity contribution is 6.08. The van der Waals surface area contributed by atoms with Gasteiger partial charge in [0.2, 0.25) is 0 Å². The molecule has 152 valence electrons. The summed E-state index contributed by atoms with van der Waals surface area (Å²) in [5.41, 5.74) is 10.3. The van der Waals surface area contributed by atoms with Crippen molar-refractivity contribution in [3.8, 4) is 11.1 Å². The molecule has 0 saturated heterocycles. The number of aromatic amines is 1. The first-order valence-electron chi connectivity index (χ1n) is 10.3. The van der Waals surface area contributed by atoms with Crippen LogP contribution >= 0.6 is 0 Å². The van der Waals surface area contributed by atoms with Gasteiger partial charge in [0.05, 0.1) is 23.0 Å². The maximum atomic E-state index is 13.1. The van der Waals surface area contributed by atoms with E-state index in [0.717, 1.165) is 53.4 Å². The Morgan fingerprint density at radius 3 is 2.66 bits per heavy atom. The quantitative estimate of drug-likeness (QED) is 0.532. The number of hydrogen-bond acceptors (Lipinski definition) is 5. The molecule has 1 fully saturated rings. The molecule has 1 aromatic carbocycles. The second-order valence-corrected chi connectivity index (χ2v) is 8.15. The Kier molecular flexibility index (Phi) is 5.49. The van der Waals surface area contributed by atoms with Gasteiger partial charge in [0, 0.05) is 41.5 Å². The molecule has 0 atom stereocenters. The lowest BCUT2D eigenvalue weighted by atomic mass is 9.91. The molecule has 0 bridgehead atoms. The highest BCUT2D eigenvalue weighted by Crippen LogP contribution is 2.31. The molecule has 2 heterocycles. The van der Waals surface area contributed by atoms with E-state index in [2.05, 4.69) is 45.7 Å². The van der Waals surface area contributed by atoms with Gasteiger partial charge in [-0.15, -0.1) is 0 Å². The maximum absolute atomic E-state index is 13.1. The van der Waals surface area contributed by atoms with Crippen molar-refractivity contribution in [1.82, 2.24) is 20.5 Å². The fourth-order valence-corrected chi connectivity index (χ4v) is 3.92. The summed E-state index contributed by atoms with van der Waals surface area (Å²) in [6.07, 6.45) is 9.06. The van der Waals surface area contributed by atoms with Gasteiger partial charge in [-0.1, -0.05) is 6.07 Å². The predicted octanol–water partition coefficient (Wildman–Crippen LogP) is 3.44. The molecule has 4 rings (SSSR count). The minimum Gasteiger partial charge on any atom is -0.382 e. The lowest BCUT2D eigenvalue weighted by Crippen LogP contribution is -2.40. The molecule has 5 N–H and O–H groups in total. The van der Waals surface area contributed by atoms with Gasteiger partial charge in [0.25, 0.3) is 5.91 Å². The Balaban J connectivity index is 1.71. The third-order valence-electron chi connectivity index (χ3n) is 5.48. The third-order valence-corrected chi connectivity index (χ3v) is 5.48. The molecular weight excluding hydrogens is 364 g/mol. The predicted molar refractivity (Wildman–Crippen MR) is 116 cm³/mol. The van der Waals surface area contributed by atoms with E-state index in [1.165, 1.54) is 0 Å². The van der Waals surface area contributed by atoms with E-state index < -0.39 is 0 Å². The zero-order chi connectivity index (χ0) is 20.4. The summed E-state index contributed by atoms with van der Waals surface area (Å²) >= 11 is 0. The van der Waals surface area contributed by atoms with Crippen LogP contribution in [0.2, 0.25) is 0 Å². The summed E-state index contributed by atoms with van der Waals surface area (Å²) in [5.74, 6) is -0.0864. The molecule has 1 saturated carbocycles. The molecule has 1 aliphatic carbocycles. The van der Waals surface area contributed by atoms with E-state index in [1.54, 1.807) is 12.4 Å². The molecule has 29 heavy (non-hydrogen) atoms. The molecule has 0 aliphatic heterocycles. The van der Waals surface area contributed by atoms with Gasteiger partial charge in [-0.05, 0) is 57.2 Å². The van der Waals surface area contributed by atoms with Gasteiger partial charge in [-0.3, -0.25) is 14.9 Å². The van der Waals surface area contributed by atoms with Crippen LogP contribution in [0, 0.1) is 0 Å². The SMILES string of the molecule is CC(C)Nc1c(C(=O)NC2CCC(N)CC2)cnc2ccc(-c3cn[nH]c3)cc12. The van der Waals surface area contributed by atoms with Crippen LogP contribution in [0.15, 0.2) is 36.8 Å². The van der Waals surface area contributed by atoms with Crippen LogP contribution in [-0.4, -0.2) is 39.2 Å². The summed E-state index contributed by atoms with van der Waals surface area (Å²) in [4.78, 5) is 17.7. The van der Waals surface area contributed by atoms with E-state index in [1.807, 2.05) is 18.3 Å². The lowest BCUT2D eigenvalue weighted by Gasteiger charge is -2.27. The fourth-order valence-electron chi connectivity index (χ4n) is 3.92. The van der Waals surface area contributed by atoms with Crippen LogP contribution in [0.5, 0.6) is 0 Å². The van der Waals surface area contributed by atoms with Gasteiger partial charge in [0.15, 0.2) is 0 Å². The standard InChI is InChI=1S/C22H28N6O/c1-13(2)27-21-18-9-14(15-10-25-26-11-15)3-8-20(18)24-12-19(21)22(29)28-17-6-4-16(23)5-7-17/h3,8-13,16-17H,4-7,23H2,1-2H3,(H,24,27)(H,25,26)(H,28,29). The van der Waals surface area contributed by atoms with Gasteiger partial charge in [-0.2, -0.15) is 5.10 Å². The number of nitrogens with two attached hydrogens (primary N) is 1. The van der Waals surface area contributed by atoms with Crippen LogP contribution < -0.4 is 16.4 Å². The largest absolute Gasteiger partial charge is 0.382 e. The normalized spacial score (nSPS) is 19.4. The number of nitrogens with zero attached hydrogens (tertiary/aromatic N) is 2. The van der Waals surface area contributed by atoms with E-state index in [0.29, 0.717) is 5.56 Å². The Hall–Kier alpha value is -2.93. The van der Waals surface area contributed by atoms with Crippen molar-refractivity contribution in [3.05, 3.63) is 42.4 Å². The summed E-state index contributed by atoms with van der Waals surface area (Å²) < 4.78 is 0. The minimum atomic E-state index is -0.0864. The summed E-state index contributed by atoms with van der Waals surface area (Å²) in [5, 5.41) is 14.5. The number of H-pyrrole nitrogens is 1. The van der Waals surface area contributed by atoms with Crippen LogP contribution in [0.1, 0.15) is 49.9 Å². The number of carbonyl (C=O) groups is 1. The molecule has 0 unspecified atom stereocenters. The van der Waals surface area contributed by atoms with E-state index in [9.17, 15) is 4.79 Å². The van der Waals surface area contributed by atoms with Crippen molar-refractivity contribution in [2.75, 3.05) is 5.32 Å². The molecule has 3 aromatic rings. The number of benzene rings is 1. The molecule has 1 aliphatic rings. The Bertz CT molecular complexity index is 990. The number of rotatable bonds is 5. The summed E-state index contributed by atoms with van der Waals surface area (Å²) in [7, 11) is 0. The number of amides is 1. The average molecular weight is 393 g/mol. The lowest BCUT2D eigenvalue weighted by molar-refractivity contribution is 0.0926. The number of carbonyl (C=O) groups excluding carboxylic acids is 1. The first kappa shape index (κ1) is 19.4. The third kappa shape index (κ3) is 4.24. The number of aromatic nitrogens is 3. The minimum absolute atomic E-state index is 0.0864. The average Bonchev–Trinajstić information content (AvgIpc) is 3.24. The van der Waals surface area contributed by atoms with Crippen LogP contribution in [0.4, 0.5) is 5.69 Å². The maximum Gasteiger partial charge on any atom is 0.255 e. The van der Waals surface area contributed by atoms with Crippen LogP contribution in [0.25, 0.3) is 22.0 Å². The Morgan fingerprint density at radius 1 is 1.17 bits per heavy atom. The van der Waals surface area contributed by atoms with Crippen molar-refractivity contribution < 1.29 is 4.79 Å². The van der Waals surface area contributed by atoms with Crippen molar-refractivity contribution in [2.24, 2.45) is 5.73 Å². The van der Waals surface area contributed by atoms with E-state index >= 15 is 0 Å². The highest BCUT2D eigenvalue weighted by Gasteiger charge is 2.23. The van der Waals surface area contributed by atoms with Crippen LogP contribution in [0.3, 0.4) is 0 Å². The summed E-state index contributed by atoms with van der Waals surface area (Å²) in [6.45, 7) is 4.13. The molecular formula is C22H28N6O. The second kappa shape index (κ2) is 8.21. The zero-order valence-corrected chi connectivity index (χ0v) is 16.9. The number of hydrogen-bond donors (Lipinski definition) is 4. The van der Waals surface area contributed by atoms with Gasteiger partial charge >= 0.3 is 0 Å². The first-order valence-corrected chi connectivity index (χ1v) is 10.3. The molecule has 2 aromatic heterocycles. The zero-order valence-electron chi connectivity index (χ0n) is 16.9. The van der Waals surface area contributed by atoms with Crippen LogP contribution in [-0.2, 0) is 0 Å². The van der Waals surface area contributed by atoms with E-state index in [4.69, 9.17) is 5.73 Å². The molecule has 1 amide bonds. The Morgan fingerprint density at radius 2 is 1.97 bits per heavy atom. The molecule has 7 heteroatoms. The number of anilines is 1. The van der Waals surface area contributed by atoms with Gasteiger partial charge in [-0.25, -0.2) is 0 Å². The number of nitrogens with one attached hydrogen (secondary N) is 3. The number of pyridine rings is 1. The van der Waals surface area contributed by atoms with E-state index in [-0.39, 0.29) is 24.0 Å². The summed E-state index contributed by atoms with van der Waals surface area (Å²) in [6, 6.07) is 6.66. The fraction of sp³-hybridized carbons (Fsp3) is 0.409. The first-order chi connectivity index (χ1) is 14.0. The topological polar surface area (TPSA) is 109 Å². The monoisotopic (exact) mass is 392 g/mol. The second-order valence-electron chi connectivity index (χ2n) is 8.15. The van der Waals surface area contributed by atoms with Crippen molar-refractivity contribution >= 4 is 22.5 Å². The highest BCUT2D eigenvalue weighted by atomic mass is 16.1. The molecule has 0 spiro atoms. The van der Waals surface area contributed by atoms with Gasteiger partial charge < -0.3 is 16.4 Å². The van der Waals surface area contributed by atoms with Crippen molar-refractivity contribution in [2.45, 2.75) is 57.7 Å². The van der Waals surface area contributed by atoms with Crippen molar-refractivity contribution in [3.63, 3.8) is 0 Å². The van der Waals surface area contributed by atoms with Gasteiger partial charge in [0.1, 0.15) is 0 Å².